The lowest BCUT2D eigenvalue weighted by atomic mass is 9.73. The molecule has 0 aromatic carbocycles. The average Bonchev–Trinajstić information content (AvgIpc) is 2.93. The van der Waals surface area contributed by atoms with Gasteiger partial charge in [0.25, 0.3) is 5.91 Å². The van der Waals surface area contributed by atoms with Crippen molar-refractivity contribution in [2.75, 3.05) is 33.2 Å². The molecule has 7 heteroatoms. The van der Waals surface area contributed by atoms with Crippen molar-refractivity contribution < 1.29 is 14.7 Å². The molecule has 1 aromatic heterocycles. The van der Waals surface area contributed by atoms with Gasteiger partial charge in [-0.2, -0.15) is 0 Å². The molecule has 1 N–H and O–H groups in total. The highest BCUT2D eigenvalue weighted by Crippen LogP contribution is 2.42. The van der Waals surface area contributed by atoms with Crippen molar-refractivity contribution in [1.29, 1.82) is 0 Å². The van der Waals surface area contributed by atoms with Crippen LogP contribution in [-0.4, -0.2) is 70.0 Å². The minimum atomic E-state index is -0.870. The number of hydrogen-bond donors (Lipinski definition) is 1. The van der Waals surface area contributed by atoms with Crippen molar-refractivity contribution in [3.63, 3.8) is 0 Å². The fourth-order valence-corrected chi connectivity index (χ4v) is 4.35. The molecule has 2 aliphatic rings. The summed E-state index contributed by atoms with van der Waals surface area (Å²) >= 11 is 0. The van der Waals surface area contributed by atoms with Crippen molar-refractivity contribution in [3.8, 4) is 0 Å². The van der Waals surface area contributed by atoms with Crippen LogP contribution in [-0.2, 0) is 11.2 Å². The van der Waals surface area contributed by atoms with Gasteiger partial charge in [0.05, 0.1) is 0 Å². The van der Waals surface area contributed by atoms with E-state index >= 15 is 0 Å². The smallest absolute Gasteiger partial charge is 0.313 e. The standard InChI is InChI=1S/C19H28N4O3/c1-12(2)7-15-8-16(21-13(3)20-15)17(24)23-9-14-5-6-22(4)10-19(14,11-23)18(25)26/h8,12,14H,5-7,9-11H2,1-4H3,(H,25,26)/t14-,19-/m0/s1. The van der Waals surface area contributed by atoms with Gasteiger partial charge < -0.3 is 14.9 Å². The molecule has 0 saturated carbocycles. The summed E-state index contributed by atoms with van der Waals surface area (Å²) in [7, 11) is 1.94. The number of carbonyl (C=O) groups excluding carboxylic acids is 1. The number of piperidine rings is 1. The molecule has 3 heterocycles. The second kappa shape index (κ2) is 6.95. The SMILES string of the molecule is Cc1nc(CC(C)C)cc(C(=O)N2C[C@@H]3CCN(C)C[C@]3(C(=O)O)C2)n1. The summed E-state index contributed by atoms with van der Waals surface area (Å²) in [5.74, 6) is 0.0311. The number of fused-ring (bicyclic) bond motifs is 1. The summed E-state index contributed by atoms with van der Waals surface area (Å²) in [4.78, 5) is 37.6. The molecule has 2 fully saturated rings. The molecule has 26 heavy (non-hydrogen) atoms. The van der Waals surface area contributed by atoms with Gasteiger partial charge in [-0.25, -0.2) is 9.97 Å². The Morgan fingerprint density at radius 3 is 2.73 bits per heavy atom. The number of carboxylic acid groups (broad SMARTS) is 1. The molecule has 142 valence electrons. The molecule has 0 unspecified atom stereocenters. The second-order valence-corrected chi connectivity index (χ2v) is 8.26. The third kappa shape index (κ3) is 3.45. The molecule has 0 spiro atoms. The van der Waals surface area contributed by atoms with Crippen molar-refractivity contribution in [2.24, 2.45) is 17.3 Å². The summed E-state index contributed by atoms with van der Waals surface area (Å²) in [6.45, 7) is 8.10. The van der Waals surface area contributed by atoms with Crippen LogP contribution in [0.2, 0.25) is 0 Å². The van der Waals surface area contributed by atoms with Gasteiger partial charge in [0, 0.05) is 25.3 Å². The predicted octanol–water partition coefficient (Wildman–Crippen LogP) is 1.46. The van der Waals surface area contributed by atoms with Crippen molar-refractivity contribution in [1.82, 2.24) is 19.8 Å². The Morgan fingerprint density at radius 2 is 2.08 bits per heavy atom. The number of hydrogen-bond acceptors (Lipinski definition) is 5. The first-order chi connectivity index (χ1) is 12.2. The van der Waals surface area contributed by atoms with E-state index in [2.05, 4.69) is 23.8 Å². The largest absolute Gasteiger partial charge is 0.481 e. The van der Waals surface area contributed by atoms with Crippen LogP contribution in [0.1, 0.15) is 42.3 Å². The summed E-state index contributed by atoms with van der Waals surface area (Å²) in [6.07, 6.45) is 1.59. The Balaban J connectivity index is 1.85. The summed E-state index contributed by atoms with van der Waals surface area (Å²) in [6, 6.07) is 1.76. The number of nitrogens with zero attached hydrogens (tertiary/aromatic N) is 4. The molecular formula is C19H28N4O3. The zero-order valence-corrected chi connectivity index (χ0v) is 16.0. The second-order valence-electron chi connectivity index (χ2n) is 8.26. The Labute approximate surface area is 154 Å². The van der Waals surface area contributed by atoms with E-state index in [9.17, 15) is 14.7 Å². The zero-order valence-electron chi connectivity index (χ0n) is 16.0. The lowest BCUT2D eigenvalue weighted by Crippen LogP contribution is -2.52. The first-order valence-corrected chi connectivity index (χ1v) is 9.27. The van der Waals surface area contributed by atoms with Gasteiger partial charge >= 0.3 is 5.97 Å². The molecular weight excluding hydrogens is 332 g/mol. The van der Waals surface area contributed by atoms with Crippen LogP contribution < -0.4 is 0 Å². The first-order valence-electron chi connectivity index (χ1n) is 9.27. The molecule has 2 saturated heterocycles. The molecule has 7 nitrogen and oxygen atoms in total. The number of amides is 1. The van der Waals surface area contributed by atoms with E-state index in [0.717, 1.165) is 25.1 Å². The number of carboxylic acids is 1. The van der Waals surface area contributed by atoms with E-state index < -0.39 is 11.4 Å². The number of carbonyl (C=O) groups is 2. The molecule has 1 amide bonds. The molecule has 2 atom stereocenters. The lowest BCUT2D eigenvalue weighted by molar-refractivity contribution is -0.153. The van der Waals surface area contributed by atoms with Gasteiger partial charge in [0.1, 0.15) is 16.9 Å². The van der Waals surface area contributed by atoms with E-state index in [4.69, 9.17) is 0 Å². The van der Waals surface area contributed by atoms with Gasteiger partial charge in [-0.3, -0.25) is 9.59 Å². The highest BCUT2D eigenvalue weighted by molar-refractivity contribution is 5.93. The van der Waals surface area contributed by atoms with Crippen molar-refractivity contribution in [3.05, 3.63) is 23.3 Å². The topological polar surface area (TPSA) is 86.6 Å². The molecule has 0 bridgehead atoms. The van der Waals surface area contributed by atoms with Crippen LogP contribution in [0.5, 0.6) is 0 Å². The number of aryl methyl sites for hydroxylation is 1. The lowest BCUT2D eigenvalue weighted by Gasteiger charge is -2.39. The quantitative estimate of drug-likeness (QED) is 0.875. The number of likely N-dealkylation sites (tertiary alicyclic amines) is 2. The van der Waals surface area contributed by atoms with E-state index in [-0.39, 0.29) is 18.4 Å². The maximum atomic E-state index is 13.1. The zero-order chi connectivity index (χ0) is 19.1. The van der Waals surface area contributed by atoms with Crippen molar-refractivity contribution in [2.45, 2.75) is 33.6 Å². The summed E-state index contributed by atoms with van der Waals surface area (Å²) in [5, 5.41) is 9.88. The van der Waals surface area contributed by atoms with Crippen molar-refractivity contribution >= 4 is 11.9 Å². The minimum Gasteiger partial charge on any atom is -0.481 e. The highest BCUT2D eigenvalue weighted by Gasteiger charge is 2.55. The molecule has 1 aromatic rings. The number of aliphatic carboxylic acids is 1. The van der Waals surface area contributed by atoms with Crippen LogP contribution in [0.25, 0.3) is 0 Å². The van der Waals surface area contributed by atoms with E-state index in [1.54, 1.807) is 17.9 Å². The molecule has 0 radical (unpaired) electrons. The van der Waals surface area contributed by atoms with Crippen LogP contribution in [0.3, 0.4) is 0 Å². The maximum Gasteiger partial charge on any atom is 0.313 e. The van der Waals surface area contributed by atoms with Crippen LogP contribution in [0.15, 0.2) is 6.07 Å². The number of rotatable bonds is 4. The fraction of sp³-hybridized carbons (Fsp3) is 0.684. The van der Waals surface area contributed by atoms with Crippen LogP contribution >= 0.6 is 0 Å². The van der Waals surface area contributed by atoms with Crippen LogP contribution in [0.4, 0.5) is 0 Å². The fourth-order valence-electron chi connectivity index (χ4n) is 4.35. The maximum absolute atomic E-state index is 13.1. The number of aromatic nitrogens is 2. The summed E-state index contributed by atoms with van der Waals surface area (Å²) in [5.41, 5.74) is 0.367. The minimum absolute atomic E-state index is 0.00165. The molecule has 3 rings (SSSR count). The van der Waals surface area contributed by atoms with Gasteiger partial charge in [-0.15, -0.1) is 0 Å². The Hall–Kier alpha value is -2.02. The third-order valence-corrected chi connectivity index (χ3v) is 5.55. The van der Waals surface area contributed by atoms with Gasteiger partial charge in [0.2, 0.25) is 0 Å². The average molecular weight is 360 g/mol. The highest BCUT2D eigenvalue weighted by atomic mass is 16.4. The first kappa shape index (κ1) is 18.8. The summed E-state index contributed by atoms with van der Waals surface area (Å²) < 4.78 is 0. The van der Waals surface area contributed by atoms with E-state index in [0.29, 0.717) is 30.5 Å². The van der Waals surface area contributed by atoms with Gasteiger partial charge in [-0.1, -0.05) is 13.8 Å². The Morgan fingerprint density at radius 1 is 1.35 bits per heavy atom. The van der Waals surface area contributed by atoms with E-state index in [1.165, 1.54) is 0 Å². The Bertz CT molecular complexity index is 721. The van der Waals surface area contributed by atoms with Gasteiger partial charge in [0.15, 0.2) is 0 Å². The Kier molecular flexibility index (Phi) is 5.01. The van der Waals surface area contributed by atoms with Crippen LogP contribution in [0, 0.1) is 24.2 Å². The monoisotopic (exact) mass is 360 g/mol. The van der Waals surface area contributed by atoms with E-state index in [1.807, 2.05) is 11.9 Å². The third-order valence-electron chi connectivity index (χ3n) is 5.55. The molecule has 0 aliphatic carbocycles. The molecule has 2 aliphatic heterocycles. The van der Waals surface area contributed by atoms with Gasteiger partial charge in [-0.05, 0) is 51.3 Å². The predicted molar refractivity (Wildman–Crippen MR) is 96.9 cm³/mol. The normalized spacial score (nSPS) is 26.2.